The van der Waals surface area contributed by atoms with E-state index in [1.807, 2.05) is 0 Å². The normalized spacial score (nSPS) is 10.6. The second-order valence-electron chi connectivity index (χ2n) is 3.73. The van der Waals surface area contributed by atoms with E-state index in [-0.39, 0.29) is 23.8 Å². The quantitative estimate of drug-likeness (QED) is 0.774. The number of rotatable bonds is 5. The standard InChI is InChI=1S/C12H12FN3OS/c1-16-12(14-8-15-16)6-9(17)7-18-11-5-3-2-4-10(11)13/h2-5,8H,6-7H2,1H3. The molecule has 0 radical (unpaired) electrons. The largest absolute Gasteiger partial charge is 0.298 e. The van der Waals surface area contributed by atoms with Crippen LogP contribution >= 0.6 is 11.8 Å². The topological polar surface area (TPSA) is 47.8 Å². The highest BCUT2D eigenvalue weighted by Crippen LogP contribution is 2.21. The average Bonchev–Trinajstić information content (AvgIpc) is 2.74. The number of carbonyl (C=O) groups is 1. The Labute approximate surface area is 108 Å². The van der Waals surface area contributed by atoms with Crippen LogP contribution in [0.25, 0.3) is 0 Å². The first-order valence-electron chi connectivity index (χ1n) is 5.38. The van der Waals surface area contributed by atoms with Crippen LogP contribution in [0.15, 0.2) is 35.5 Å². The Kier molecular flexibility index (Phi) is 4.09. The number of hydrogen-bond acceptors (Lipinski definition) is 4. The summed E-state index contributed by atoms with van der Waals surface area (Å²) >= 11 is 1.20. The maximum atomic E-state index is 13.3. The van der Waals surface area contributed by atoms with Crippen LogP contribution < -0.4 is 0 Å². The molecule has 0 saturated heterocycles. The van der Waals surface area contributed by atoms with Gasteiger partial charge in [-0.05, 0) is 12.1 Å². The van der Waals surface area contributed by atoms with Crippen molar-refractivity contribution < 1.29 is 9.18 Å². The van der Waals surface area contributed by atoms with E-state index in [2.05, 4.69) is 10.1 Å². The lowest BCUT2D eigenvalue weighted by Crippen LogP contribution is -2.10. The van der Waals surface area contributed by atoms with E-state index in [1.165, 1.54) is 24.2 Å². The molecule has 0 spiro atoms. The van der Waals surface area contributed by atoms with Crippen molar-refractivity contribution in [2.75, 3.05) is 5.75 Å². The molecule has 6 heteroatoms. The van der Waals surface area contributed by atoms with Crippen molar-refractivity contribution in [3.05, 3.63) is 42.2 Å². The molecule has 0 saturated carbocycles. The number of aromatic nitrogens is 3. The van der Waals surface area contributed by atoms with Gasteiger partial charge in [0.05, 0.1) is 12.2 Å². The van der Waals surface area contributed by atoms with Crippen LogP contribution in [0, 0.1) is 5.82 Å². The maximum Gasteiger partial charge on any atom is 0.150 e. The Morgan fingerprint density at radius 1 is 1.44 bits per heavy atom. The van der Waals surface area contributed by atoms with Crippen LogP contribution in [0.2, 0.25) is 0 Å². The lowest BCUT2D eigenvalue weighted by atomic mass is 10.3. The van der Waals surface area contributed by atoms with Crippen LogP contribution in [0.1, 0.15) is 5.82 Å². The number of thioether (sulfide) groups is 1. The highest BCUT2D eigenvalue weighted by Gasteiger charge is 2.10. The molecule has 0 aliphatic carbocycles. The summed E-state index contributed by atoms with van der Waals surface area (Å²) < 4.78 is 14.9. The van der Waals surface area contributed by atoms with Crippen LogP contribution in [-0.4, -0.2) is 26.3 Å². The van der Waals surface area contributed by atoms with Crippen LogP contribution in [0.5, 0.6) is 0 Å². The zero-order chi connectivity index (χ0) is 13.0. The fourth-order valence-corrected chi connectivity index (χ4v) is 2.23. The van der Waals surface area contributed by atoms with E-state index < -0.39 is 0 Å². The second kappa shape index (κ2) is 5.77. The minimum Gasteiger partial charge on any atom is -0.298 e. The van der Waals surface area contributed by atoms with E-state index >= 15 is 0 Å². The number of benzene rings is 1. The summed E-state index contributed by atoms with van der Waals surface area (Å²) in [6.07, 6.45) is 1.63. The van der Waals surface area contributed by atoms with Crippen molar-refractivity contribution in [1.82, 2.24) is 14.8 Å². The molecule has 1 aromatic heterocycles. The van der Waals surface area contributed by atoms with E-state index in [0.717, 1.165) is 0 Å². The van der Waals surface area contributed by atoms with Crippen molar-refractivity contribution in [1.29, 1.82) is 0 Å². The van der Waals surface area contributed by atoms with Gasteiger partial charge in [0.15, 0.2) is 5.78 Å². The van der Waals surface area contributed by atoms with Gasteiger partial charge in [0, 0.05) is 11.9 Å². The van der Waals surface area contributed by atoms with Gasteiger partial charge in [-0.2, -0.15) is 5.10 Å². The molecule has 4 nitrogen and oxygen atoms in total. The molecule has 0 amide bonds. The Balaban J connectivity index is 1.90. The molecule has 0 fully saturated rings. The van der Waals surface area contributed by atoms with Crippen molar-refractivity contribution in [3.8, 4) is 0 Å². The first-order valence-corrected chi connectivity index (χ1v) is 6.37. The van der Waals surface area contributed by atoms with Crippen molar-refractivity contribution in [3.63, 3.8) is 0 Å². The van der Waals surface area contributed by atoms with Gasteiger partial charge >= 0.3 is 0 Å². The summed E-state index contributed by atoms with van der Waals surface area (Å²) in [6.45, 7) is 0. The number of halogens is 1. The summed E-state index contributed by atoms with van der Waals surface area (Å²) in [5.41, 5.74) is 0. The zero-order valence-corrected chi connectivity index (χ0v) is 10.7. The molecule has 0 atom stereocenters. The van der Waals surface area contributed by atoms with E-state index in [0.29, 0.717) is 10.7 Å². The molecule has 2 rings (SSSR count). The van der Waals surface area contributed by atoms with Gasteiger partial charge in [-0.3, -0.25) is 9.48 Å². The summed E-state index contributed by atoms with van der Waals surface area (Å²) in [5, 5.41) is 3.89. The maximum absolute atomic E-state index is 13.3. The smallest absolute Gasteiger partial charge is 0.150 e. The van der Waals surface area contributed by atoms with Gasteiger partial charge in [-0.15, -0.1) is 11.8 Å². The number of nitrogens with zero attached hydrogens (tertiary/aromatic N) is 3. The molecular formula is C12H12FN3OS. The summed E-state index contributed by atoms with van der Waals surface area (Å²) in [6, 6.07) is 6.42. The number of hydrogen-bond donors (Lipinski definition) is 0. The molecule has 0 N–H and O–H groups in total. The zero-order valence-electron chi connectivity index (χ0n) is 9.84. The van der Waals surface area contributed by atoms with Gasteiger partial charge in [-0.25, -0.2) is 9.37 Å². The van der Waals surface area contributed by atoms with Gasteiger partial charge in [-0.1, -0.05) is 12.1 Å². The first kappa shape index (κ1) is 12.8. The molecule has 18 heavy (non-hydrogen) atoms. The van der Waals surface area contributed by atoms with Gasteiger partial charge in [0.2, 0.25) is 0 Å². The minimum atomic E-state index is -0.297. The molecule has 2 aromatic rings. The minimum absolute atomic E-state index is 0.000599. The summed E-state index contributed by atoms with van der Waals surface area (Å²) in [7, 11) is 1.74. The highest BCUT2D eigenvalue weighted by molar-refractivity contribution is 8.00. The second-order valence-corrected chi connectivity index (χ2v) is 4.75. The van der Waals surface area contributed by atoms with E-state index in [9.17, 15) is 9.18 Å². The molecule has 0 aliphatic heterocycles. The SMILES string of the molecule is Cn1ncnc1CC(=O)CSc1ccccc1F. The molecule has 1 heterocycles. The molecule has 94 valence electrons. The lowest BCUT2D eigenvalue weighted by Gasteiger charge is -2.02. The average molecular weight is 265 g/mol. The number of ketones is 1. The molecular weight excluding hydrogens is 253 g/mol. The third-order valence-corrected chi connectivity index (χ3v) is 3.49. The van der Waals surface area contributed by atoms with Crippen LogP contribution in [0.4, 0.5) is 4.39 Å². The third kappa shape index (κ3) is 3.16. The van der Waals surface area contributed by atoms with E-state index in [4.69, 9.17) is 0 Å². The molecule has 0 bridgehead atoms. The predicted octanol–water partition coefficient (Wildman–Crippen LogP) is 1.86. The number of aryl methyl sites for hydroxylation is 1. The Morgan fingerprint density at radius 3 is 2.89 bits per heavy atom. The molecule has 1 aromatic carbocycles. The fraction of sp³-hybridized carbons (Fsp3) is 0.250. The molecule has 0 unspecified atom stereocenters. The highest BCUT2D eigenvalue weighted by atomic mass is 32.2. The third-order valence-electron chi connectivity index (χ3n) is 2.39. The van der Waals surface area contributed by atoms with Crippen molar-refractivity contribution >= 4 is 17.5 Å². The Bertz CT molecular complexity index is 556. The predicted molar refractivity (Wildman–Crippen MR) is 66.8 cm³/mol. The number of Topliss-reactive ketones (excluding diaryl/α,β-unsaturated/α-hetero) is 1. The Morgan fingerprint density at radius 2 is 2.22 bits per heavy atom. The monoisotopic (exact) mass is 265 g/mol. The van der Waals surface area contributed by atoms with E-state index in [1.54, 1.807) is 29.9 Å². The van der Waals surface area contributed by atoms with Crippen molar-refractivity contribution in [2.24, 2.45) is 7.05 Å². The lowest BCUT2D eigenvalue weighted by molar-refractivity contribution is -0.116. The summed E-state index contributed by atoms with van der Waals surface area (Å²) in [5.74, 6) is 0.552. The van der Waals surface area contributed by atoms with Crippen LogP contribution in [0.3, 0.4) is 0 Å². The van der Waals surface area contributed by atoms with Gasteiger partial charge < -0.3 is 0 Å². The fourth-order valence-electron chi connectivity index (χ4n) is 1.43. The summed E-state index contributed by atoms with van der Waals surface area (Å²) in [4.78, 5) is 16.2. The van der Waals surface area contributed by atoms with Crippen molar-refractivity contribution in [2.45, 2.75) is 11.3 Å². The van der Waals surface area contributed by atoms with Crippen LogP contribution in [-0.2, 0) is 18.3 Å². The van der Waals surface area contributed by atoms with Gasteiger partial charge in [0.25, 0.3) is 0 Å². The first-order chi connectivity index (χ1) is 8.66. The Hall–Kier alpha value is -1.69. The molecule has 0 aliphatic rings. The van der Waals surface area contributed by atoms with Gasteiger partial charge in [0.1, 0.15) is 18.0 Å². The number of carbonyl (C=O) groups excluding carboxylic acids is 1.